The molecule has 32 heavy (non-hydrogen) atoms. The second kappa shape index (κ2) is 10.2. The largest absolute Gasteiger partial charge is 0.465 e. The van der Waals surface area contributed by atoms with Crippen molar-refractivity contribution < 1.29 is 19.2 Å². The van der Waals surface area contributed by atoms with Crippen molar-refractivity contribution in [3.63, 3.8) is 0 Å². The Morgan fingerprint density at radius 1 is 1.12 bits per heavy atom. The lowest BCUT2D eigenvalue weighted by Gasteiger charge is -2.32. The van der Waals surface area contributed by atoms with E-state index in [2.05, 4.69) is 26.9 Å². The first-order chi connectivity index (χ1) is 15.3. The summed E-state index contributed by atoms with van der Waals surface area (Å²) >= 11 is 0. The lowest BCUT2D eigenvalue weighted by molar-refractivity contribution is -0.383. The molecular formula is C22H27N5O5. The van der Waals surface area contributed by atoms with E-state index in [1.807, 2.05) is 0 Å². The van der Waals surface area contributed by atoms with E-state index in [0.717, 1.165) is 31.9 Å². The zero-order chi connectivity index (χ0) is 23.3. The van der Waals surface area contributed by atoms with Crippen LogP contribution in [0.5, 0.6) is 0 Å². The number of carbonyl (C=O) groups excluding carboxylic acids is 2. The van der Waals surface area contributed by atoms with Gasteiger partial charge in [0, 0.05) is 50.7 Å². The van der Waals surface area contributed by atoms with E-state index in [-0.39, 0.29) is 22.8 Å². The fourth-order valence-corrected chi connectivity index (χ4v) is 3.40. The van der Waals surface area contributed by atoms with Gasteiger partial charge in [0.2, 0.25) is 5.91 Å². The van der Waals surface area contributed by atoms with Crippen LogP contribution in [0.2, 0.25) is 0 Å². The predicted octanol–water partition coefficient (Wildman–Crippen LogP) is 2.34. The molecule has 2 aromatic rings. The molecule has 0 spiro atoms. The summed E-state index contributed by atoms with van der Waals surface area (Å²) in [6.07, 6.45) is 0. The number of nitrogens with one attached hydrogen (secondary N) is 1. The fraction of sp³-hybridized carbons (Fsp3) is 0.364. The topological polar surface area (TPSA) is 108 Å². The monoisotopic (exact) mass is 441 g/mol. The number of carbonyl (C=O) groups is 2. The Hall–Kier alpha value is -3.50. The molecule has 1 aliphatic rings. The first-order valence-corrected chi connectivity index (χ1v) is 10.2. The molecular weight excluding hydrogens is 414 g/mol. The molecule has 1 heterocycles. The van der Waals surface area contributed by atoms with Gasteiger partial charge in [-0.2, -0.15) is 0 Å². The maximum absolute atomic E-state index is 12.6. The van der Waals surface area contributed by atoms with Gasteiger partial charge in [0.25, 0.3) is 5.69 Å². The highest BCUT2D eigenvalue weighted by atomic mass is 16.6. The van der Waals surface area contributed by atoms with Gasteiger partial charge in [-0.3, -0.25) is 19.8 Å². The zero-order valence-corrected chi connectivity index (χ0v) is 18.4. The van der Waals surface area contributed by atoms with Gasteiger partial charge in [0.1, 0.15) is 5.69 Å². The second-order valence-corrected chi connectivity index (χ2v) is 7.68. The summed E-state index contributed by atoms with van der Waals surface area (Å²) in [4.78, 5) is 41.2. The first-order valence-electron chi connectivity index (χ1n) is 10.2. The number of methoxy groups -OCH3 is 1. The smallest absolute Gasteiger partial charge is 0.338 e. The normalized spacial score (nSPS) is 14.6. The number of nitro groups is 1. The van der Waals surface area contributed by atoms with Crippen LogP contribution in [0.25, 0.3) is 0 Å². The molecule has 1 amide bonds. The van der Waals surface area contributed by atoms with Gasteiger partial charge in [0.05, 0.1) is 24.1 Å². The van der Waals surface area contributed by atoms with Crippen LogP contribution in [0.1, 0.15) is 10.4 Å². The molecule has 10 heteroatoms. The number of hydrogen-bond donors (Lipinski definition) is 1. The minimum atomic E-state index is -0.645. The standard InChI is InChI=1S/C22H27N5O5/c1-24-10-12-26(13-11-24)15-21(28)25(2)18-7-5-17(6-8-18)23-19-9-4-16(22(29)32-3)14-20(19)27(30)31/h4-9,14,23H,10-13,15H2,1-3H3. The quantitative estimate of drug-likeness (QED) is 0.396. The Labute approximate surface area is 186 Å². The molecule has 170 valence electrons. The van der Waals surface area contributed by atoms with Crippen LogP contribution in [-0.2, 0) is 9.53 Å². The van der Waals surface area contributed by atoms with E-state index in [1.54, 1.807) is 36.2 Å². The average molecular weight is 441 g/mol. The maximum atomic E-state index is 12.6. The molecule has 0 radical (unpaired) electrons. The van der Waals surface area contributed by atoms with Crippen LogP contribution in [0, 0.1) is 10.1 Å². The number of rotatable bonds is 7. The van der Waals surface area contributed by atoms with Crippen molar-refractivity contribution in [3.8, 4) is 0 Å². The number of anilines is 3. The molecule has 1 fully saturated rings. The number of likely N-dealkylation sites (N-methyl/N-ethyl adjacent to an activating group) is 2. The SMILES string of the molecule is COC(=O)c1ccc(Nc2ccc(N(C)C(=O)CN3CCN(C)CC3)cc2)c([N+](=O)[O-])c1. The van der Waals surface area contributed by atoms with Crippen molar-refractivity contribution in [3.05, 3.63) is 58.1 Å². The van der Waals surface area contributed by atoms with Gasteiger partial charge < -0.3 is 19.9 Å². The van der Waals surface area contributed by atoms with E-state index in [4.69, 9.17) is 0 Å². The van der Waals surface area contributed by atoms with Crippen LogP contribution in [0.15, 0.2) is 42.5 Å². The van der Waals surface area contributed by atoms with E-state index < -0.39 is 10.9 Å². The molecule has 3 rings (SSSR count). The van der Waals surface area contributed by atoms with E-state index in [1.165, 1.54) is 25.3 Å². The Morgan fingerprint density at radius 2 is 1.78 bits per heavy atom. The molecule has 10 nitrogen and oxygen atoms in total. The van der Waals surface area contributed by atoms with Crippen molar-refractivity contribution >= 4 is 34.6 Å². The highest BCUT2D eigenvalue weighted by Crippen LogP contribution is 2.29. The number of esters is 1. The van der Waals surface area contributed by atoms with Crippen LogP contribution in [0.4, 0.5) is 22.7 Å². The molecule has 0 aliphatic carbocycles. The third-order valence-corrected chi connectivity index (χ3v) is 5.48. The molecule has 0 bridgehead atoms. The summed E-state index contributed by atoms with van der Waals surface area (Å²) in [5.41, 5.74) is 1.44. The minimum Gasteiger partial charge on any atom is -0.465 e. The molecule has 0 saturated carbocycles. The summed E-state index contributed by atoms with van der Waals surface area (Å²) in [5, 5.41) is 14.4. The first kappa shape index (κ1) is 23.2. The van der Waals surface area contributed by atoms with Crippen molar-refractivity contribution in [2.24, 2.45) is 0 Å². The molecule has 0 unspecified atom stereocenters. The maximum Gasteiger partial charge on any atom is 0.338 e. The third-order valence-electron chi connectivity index (χ3n) is 5.48. The molecule has 0 atom stereocenters. The van der Waals surface area contributed by atoms with Gasteiger partial charge in [-0.15, -0.1) is 0 Å². The number of piperazine rings is 1. The van der Waals surface area contributed by atoms with Gasteiger partial charge in [-0.25, -0.2) is 4.79 Å². The number of hydrogen-bond acceptors (Lipinski definition) is 8. The summed E-state index contributed by atoms with van der Waals surface area (Å²) < 4.78 is 4.62. The van der Waals surface area contributed by atoms with Crippen molar-refractivity contribution in [1.82, 2.24) is 9.80 Å². The van der Waals surface area contributed by atoms with Crippen molar-refractivity contribution in [2.75, 3.05) is 64.1 Å². The predicted molar refractivity (Wildman–Crippen MR) is 122 cm³/mol. The van der Waals surface area contributed by atoms with Crippen molar-refractivity contribution in [1.29, 1.82) is 0 Å². The Balaban J connectivity index is 1.67. The number of nitrogens with zero attached hydrogens (tertiary/aromatic N) is 4. The van der Waals surface area contributed by atoms with Gasteiger partial charge in [-0.05, 0) is 43.4 Å². The second-order valence-electron chi connectivity index (χ2n) is 7.68. The lowest BCUT2D eigenvalue weighted by Crippen LogP contribution is -2.48. The summed E-state index contributed by atoms with van der Waals surface area (Å²) in [5.74, 6) is -0.641. The van der Waals surface area contributed by atoms with Crippen LogP contribution < -0.4 is 10.2 Å². The Kier molecular flexibility index (Phi) is 7.39. The number of amides is 1. The number of nitro benzene ring substituents is 1. The van der Waals surface area contributed by atoms with Gasteiger partial charge in [0.15, 0.2) is 0 Å². The fourth-order valence-electron chi connectivity index (χ4n) is 3.40. The molecule has 1 N–H and O–H groups in total. The van der Waals surface area contributed by atoms with Gasteiger partial charge in [-0.1, -0.05) is 0 Å². The van der Waals surface area contributed by atoms with E-state index in [0.29, 0.717) is 12.2 Å². The van der Waals surface area contributed by atoms with Gasteiger partial charge >= 0.3 is 5.97 Å². The van der Waals surface area contributed by atoms with E-state index >= 15 is 0 Å². The van der Waals surface area contributed by atoms with Crippen LogP contribution in [-0.4, -0.2) is 80.5 Å². The van der Waals surface area contributed by atoms with Crippen LogP contribution in [0.3, 0.4) is 0 Å². The van der Waals surface area contributed by atoms with Crippen LogP contribution >= 0.6 is 0 Å². The average Bonchev–Trinajstić information content (AvgIpc) is 2.80. The third kappa shape index (κ3) is 5.59. The van der Waals surface area contributed by atoms with E-state index in [9.17, 15) is 19.7 Å². The highest BCUT2D eigenvalue weighted by Gasteiger charge is 2.20. The van der Waals surface area contributed by atoms with Crippen molar-refractivity contribution in [2.45, 2.75) is 0 Å². The summed E-state index contributed by atoms with van der Waals surface area (Å²) in [6.45, 7) is 4.00. The summed E-state index contributed by atoms with van der Waals surface area (Å²) in [6, 6.07) is 11.1. The highest BCUT2D eigenvalue weighted by molar-refractivity contribution is 5.94. The Bertz CT molecular complexity index is 987. The minimum absolute atomic E-state index is 0.00398. The number of benzene rings is 2. The lowest BCUT2D eigenvalue weighted by atomic mass is 10.1. The summed E-state index contributed by atoms with van der Waals surface area (Å²) in [7, 11) is 5.02. The molecule has 0 aromatic heterocycles. The Morgan fingerprint density at radius 3 is 2.38 bits per heavy atom. The zero-order valence-electron chi connectivity index (χ0n) is 18.4. The molecule has 1 aliphatic heterocycles. The number of ether oxygens (including phenoxy) is 1. The molecule has 2 aromatic carbocycles. The molecule has 1 saturated heterocycles.